The second-order valence-electron chi connectivity index (χ2n) is 7.48. The number of carbonyl (C=O) groups is 2. The molecule has 0 bridgehead atoms. The van der Waals surface area contributed by atoms with Gasteiger partial charge in [0.25, 0.3) is 5.91 Å². The molecule has 2 aromatic carbocycles. The molecular formula is C23H21Cl2NO4. The van der Waals surface area contributed by atoms with Crippen LogP contribution in [0.3, 0.4) is 0 Å². The Bertz CT molecular complexity index is 1130. The van der Waals surface area contributed by atoms with E-state index >= 15 is 0 Å². The van der Waals surface area contributed by atoms with Crippen molar-refractivity contribution in [3.05, 3.63) is 63.3 Å². The number of hydrogen-bond donors (Lipinski definition) is 0. The Kier molecular flexibility index (Phi) is 5.76. The molecule has 1 saturated heterocycles. The number of ketones is 1. The second-order valence-corrected chi connectivity index (χ2v) is 8.29. The maximum Gasteiger partial charge on any atom is 0.289 e. The highest BCUT2D eigenvalue weighted by Crippen LogP contribution is 2.31. The van der Waals surface area contributed by atoms with E-state index in [1.165, 1.54) is 0 Å². The van der Waals surface area contributed by atoms with Gasteiger partial charge in [-0.1, -0.05) is 23.2 Å². The highest BCUT2D eigenvalue weighted by Gasteiger charge is 2.31. The van der Waals surface area contributed by atoms with Gasteiger partial charge in [-0.3, -0.25) is 9.59 Å². The van der Waals surface area contributed by atoms with Gasteiger partial charge in [-0.15, -0.1) is 0 Å². The van der Waals surface area contributed by atoms with Crippen molar-refractivity contribution in [1.82, 2.24) is 4.90 Å². The normalized spacial score (nSPS) is 14.9. The Morgan fingerprint density at radius 3 is 2.47 bits per heavy atom. The SMILES string of the molecule is COc1ccc2oc(C(=O)N3CCC(C(=O)c4ccc(Cl)c(Cl)c4)CC3)c(C)c2c1. The molecular weight excluding hydrogens is 425 g/mol. The van der Waals surface area contributed by atoms with Crippen molar-refractivity contribution in [2.45, 2.75) is 19.8 Å². The number of Topliss-reactive ketones (excluding diaryl/α,β-unsaturated/α-hetero) is 1. The first-order valence-corrected chi connectivity index (χ1v) is 10.5. The first-order chi connectivity index (χ1) is 14.4. The summed E-state index contributed by atoms with van der Waals surface area (Å²) in [6, 6.07) is 10.4. The number of aryl methyl sites for hydroxylation is 1. The number of hydrogen-bond acceptors (Lipinski definition) is 4. The quantitative estimate of drug-likeness (QED) is 0.476. The van der Waals surface area contributed by atoms with Crippen molar-refractivity contribution in [3.63, 3.8) is 0 Å². The first kappa shape index (κ1) is 20.8. The van der Waals surface area contributed by atoms with Crippen LogP contribution in [-0.2, 0) is 0 Å². The maximum atomic E-state index is 13.1. The third-order valence-electron chi connectivity index (χ3n) is 5.69. The smallest absolute Gasteiger partial charge is 0.289 e. The molecule has 1 aliphatic rings. The Balaban J connectivity index is 1.47. The van der Waals surface area contributed by atoms with Crippen LogP contribution in [0.5, 0.6) is 5.75 Å². The number of piperidine rings is 1. The van der Waals surface area contributed by atoms with Gasteiger partial charge < -0.3 is 14.1 Å². The average molecular weight is 446 g/mol. The lowest BCUT2D eigenvalue weighted by atomic mass is 9.89. The number of fused-ring (bicyclic) bond motifs is 1. The number of likely N-dealkylation sites (tertiary alicyclic amines) is 1. The predicted octanol–water partition coefficient (Wildman–Crippen LogP) is 5.79. The van der Waals surface area contributed by atoms with Crippen LogP contribution in [0.4, 0.5) is 0 Å². The molecule has 4 rings (SSSR count). The standard InChI is InChI=1S/C23H21Cl2NO4/c1-13-17-12-16(29-2)4-6-20(17)30-22(13)23(28)26-9-7-14(8-10-26)21(27)15-3-5-18(24)19(25)11-15/h3-6,11-12,14H,7-10H2,1-2H3. The zero-order chi connectivity index (χ0) is 21.4. The summed E-state index contributed by atoms with van der Waals surface area (Å²) in [4.78, 5) is 27.6. The zero-order valence-corrected chi connectivity index (χ0v) is 18.2. The van der Waals surface area contributed by atoms with Crippen LogP contribution in [-0.4, -0.2) is 36.8 Å². The van der Waals surface area contributed by atoms with Gasteiger partial charge >= 0.3 is 0 Å². The second kappa shape index (κ2) is 8.32. The van der Waals surface area contributed by atoms with E-state index in [-0.39, 0.29) is 17.6 Å². The number of amides is 1. The topological polar surface area (TPSA) is 59.8 Å². The lowest BCUT2D eigenvalue weighted by molar-refractivity contribution is 0.0625. The molecule has 2 heterocycles. The fourth-order valence-electron chi connectivity index (χ4n) is 3.90. The molecule has 1 aliphatic heterocycles. The van der Waals surface area contributed by atoms with Gasteiger partial charge in [0.15, 0.2) is 11.5 Å². The number of rotatable bonds is 4. The minimum Gasteiger partial charge on any atom is -0.497 e. The molecule has 0 aliphatic carbocycles. The number of halogens is 2. The van der Waals surface area contributed by atoms with E-state index in [1.54, 1.807) is 42.3 Å². The van der Waals surface area contributed by atoms with Crippen molar-refractivity contribution >= 4 is 45.9 Å². The fraction of sp³-hybridized carbons (Fsp3) is 0.304. The summed E-state index contributed by atoms with van der Waals surface area (Å²) in [6.45, 7) is 2.87. The lowest BCUT2D eigenvalue weighted by Crippen LogP contribution is -2.40. The fourth-order valence-corrected chi connectivity index (χ4v) is 4.20. The van der Waals surface area contributed by atoms with Crippen molar-refractivity contribution in [1.29, 1.82) is 0 Å². The van der Waals surface area contributed by atoms with Gasteiger partial charge in [-0.2, -0.15) is 0 Å². The Labute approximate surface area is 184 Å². The number of nitrogens with zero attached hydrogens (tertiary/aromatic N) is 1. The van der Waals surface area contributed by atoms with Crippen LogP contribution < -0.4 is 4.74 Å². The summed E-state index contributed by atoms with van der Waals surface area (Å²) >= 11 is 12.0. The number of ether oxygens (including phenoxy) is 1. The molecule has 0 atom stereocenters. The van der Waals surface area contributed by atoms with Crippen LogP contribution in [0.2, 0.25) is 10.0 Å². The van der Waals surface area contributed by atoms with Gasteiger partial charge in [0.1, 0.15) is 11.3 Å². The van der Waals surface area contributed by atoms with Gasteiger partial charge in [-0.25, -0.2) is 0 Å². The Morgan fingerprint density at radius 2 is 1.80 bits per heavy atom. The van der Waals surface area contributed by atoms with Gasteiger partial charge in [0, 0.05) is 35.5 Å². The molecule has 1 amide bonds. The third-order valence-corrected chi connectivity index (χ3v) is 6.43. The summed E-state index contributed by atoms with van der Waals surface area (Å²) in [6.07, 6.45) is 1.19. The van der Waals surface area contributed by atoms with Crippen LogP contribution in [0.1, 0.15) is 39.3 Å². The van der Waals surface area contributed by atoms with Crippen LogP contribution >= 0.6 is 23.2 Å². The van der Waals surface area contributed by atoms with Crippen molar-refractivity contribution in [3.8, 4) is 5.75 Å². The molecule has 1 fully saturated rings. The Morgan fingerprint density at radius 1 is 1.07 bits per heavy atom. The molecule has 7 heteroatoms. The number of methoxy groups -OCH3 is 1. The van der Waals surface area contributed by atoms with Gasteiger partial charge in [-0.05, 0) is 56.2 Å². The predicted molar refractivity (Wildman–Crippen MR) is 117 cm³/mol. The summed E-state index contributed by atoms with van der Waals surface area (Å²) in [5.41, 5.74) is 2.00. The summed E-state index contributed by atoms with van der Waals surface area (Å²) in [5, 5.41) is 1.65. The van der Waals surface area contributed by atoms with Crippen molar-refractivity contribution in [2.24, 2.45) is 5.92 Å². The monoisotopic (exact) mass is 445 g/mol. The van der Waals surface area contributed by atoms with Crippen LogP contribution in [0.25, 0.3) is 11.0 Å². The van der Waals surface area contributed by atoms with E-state index in [0.29, 0.717) is 58.6 Å². The number of furan rings is 1. The summed E-state index contributed by atoms with van der Waals surface area (Å²) in [7, 11) is 1.60. The molecule has 0 N–H and O–H groups in total. The molecule has 5 nitrogen and oxygen atoms in total. The van der Waals surface area contributed by atoms with E-state index in [2.05, 4.69) is 0 Å². The average Bonchev–Trinajstić information content (AvgIpc) is 3.10. The maximum absolute atomic E-state index is 13.1. The highest BCUT2D eigenvalue weighted by molar-refractivity contribution is 6.42. The lowest BCUT2D eigenvalue weighted by Gasteiger charge is -2.31. The molecule has 1 aromatic heterocycles. The van der Waals surface area contributed by atoms with Gasteiger partial charge in [0.05, 0.1) is 17.2 Å². The van der Waals surface area contributed by atoms with Crippen molar-refractivity contribution < 1.29 is 18.7 Å². The largest absolute Gasteiger partial charge is 0.497 e. The molecule has 30 heavy (non-hydrogen) atoms. The van der Waals surface area contributed by atoms with E-state index in [0.717, 1.165) is 10.9 Å². The zero-order valence-electron chi connectivity index (χ0n) is 16.7. The molecule has 0 unspecified atom stereocenters. The Hall–Kier alpha value is -2.50. The van der Waals surface area contributed by atoms with E-state index < -0.39 is 0 Å². The number of benzene rings is 2. The van der Waals surface area contributed by atoms with E-state index in [4.69, 9.17) is 32.4 Å². The van der Waals surface area contributed by atoms with E-state index in [9.17, 15) is 9.59 Å². The third kappa shape index (κ3) is 3.80. The molecule has 156 valence electrons. The first-order valence-electron chi connectivity index (χ1n) is 9.74. The molecule has 0 saturated carbocycles. The van der Waals surface area contributed by atoms with Crippen LogP contribution in [0, 0.1) is 12.8 Å². The molecule has 0 spiro atoms. The summed E-state index contributed by atoms with van der Waals surface area (Å²) in [5.74, 6) is 0.794. The molecule has 0 radical (unpaired) electrons. The van der Waals surface area contributed by atoms with Gasteiger partial charge in [0.2, 0.25) is 0 Å². The minimum absolute atomic E-state index is 0.0349. The summed E-state index contributed by atoms with van der Waals surface area (Å²) < 4.78 is 11.1. The minimum atomic E-state index is -0.150. The molecule has 3 aromatic rings. The van der Waals surface area contributed by atoms with E-state index in [1.807, 2.05) is 13.0 Å². The van der Waals surface area contributed by atoms with Crippen molar-refractivity contribution in [2.75, 3.05) is 20.2 Å². The van der Waals surface area contributed by atoms with Crippen LogP contribution in [0.15, 0.2) is 40.8 Å². The number of carbonyl (C=O) groups excluding carboxylic acids is 2. The highest BCUT2D eigenvalue weighted by atomic mass is 35.5.